The van der Waals surface area contributed by atoms with Crippen molar-refractivity contribution in [3.8, 4) is 0 Å². The van der Waals surface area contributed by atoms with E-state index in [0.29, 0.717) is 6.42 Å². The molecule has 2 N–H and O–H groups in total. The third kappa shape index (κ3) is 2.83. The first kappa shape index (κ1) is 11.8. The second kappa shape index (κ2) is 4.98. The van der Waals surface area contributed by atoms with Crippen molar-refractivity contribution in [2.75, 3.05) is 12.3 Å². The molecule has 1 aromatic carbocycles. The zero-order chi connectivity index (χ0) is 11.4. The second-order valence-corrected chi connectivity index (χ2v) is 3.39. The molecule has 15 heavy (non-hydrogen) atoms. The van der Waals surface area contributed by atoms with Crippen LogP contribution in [0.4, 0.5) is 10.1 Å². The molecule has 0 fully saturated rings. The van der Waals surface area contributed by atoms with E-state index in [-0.39, 0.29) is 22.9 Å². The number of ether oxygens (including phenoxy) is 1. The van der Waals surface area contributed by atoms with Gasteiger partial charge in [-0.1, -0.05) is 18.5 Å². The average Bonchev–Trinajstić information content (AvgIpc) is 2.12. The molecule has 0 radical (unpaired) electrons. The maximum atomic E-state index is 12.8. The minimum Gasteiger partial charge on any atom is -0.462 e. The van der Waals surface area contributed by atoms with Crippen LogP contribution in [-0.2, 0) is 4.74 Å². The highest BCUT2D eigenvalue weighted by molar-refractivity contribution is 6.34. The quantitative estimate of drug-likeness (QED) is 0.643. The molecule has 0 atom stereocenters. The number of hydrogen-bond acceptors (Lipinski definition) is 3. The zero-order valence-electron chi connectivity index (χ0n) is 8.22. The van der Waals surface area contributed by atoms with Gasteiger partial charge in [0, 0.05) is 0 Å². The summed E-state index contributed by atoms with van der Waals surface area (Å²) in [5.41, 5.74) is 5.48. The molecule has 0 saturated heterocycles. The molecule has 0 unspecified atom stereocenters. The highest BCUT2D eigenvalue weighted by atomic mass is 35.5. The van der Waals surface area contributed by atoms with Crippen LogP contribution in [0, 0.1) is 5.82 Å². The largest absolute Gasteiger partial charge is 0.462 e. The number of halogens is 2. The Morgan fingerprint density at radius 3 is 2.80 bits per heavy atom. The Kier molecular flexibility index (Phi) is 3.91. The van der Waals surface area contributed by atoms with Crippen molar-refractivity contribution < 1.29 is 13.9 Å². The van der Waals surface area contributed by atoms with Crippen LogP contribution >= 0.6 is 11.6 Å². The van der Waals surface area contributed by atoms with Crippen molar-refractivity contribution in [3.05, 3.63) is 28.5 Å². The Balaban J connectivity index is 2.98. The number of anilines is 1. The summed E-state index contributed by atoms with van der Waals surface area (Å²) >= 11 is 5.69. The van der Waals surface area contributed by atoms with E-state index >= 15 is 0 Å². The minimum atomic E-state index is -0.626. The van der Waals surface area contributed by atoms with Crippen LogP contribution in [0.3, 0.4) is 0 Å². The van der Waals surface area contributed by atoms with Crippen LogP contribution in [-0.4, -0.2) is 12.6 Å². The number of benzene rings is 1. The maximum absolute atomic E-state index is 12.8. The van der Waals surface area contributed by atoms with Gasteiger partial charge in [0.1, 0.15) is 11.4 Å². The predicted molar refractivity (Wildman–Crippen MR) is 56.4 cm³/mol. The molecule has 0 aliphatic heterocycles. The number of nitrogens with two attached hydrogens (primary N) is 1. The number of esters is 1. The summed E-state index contributed by atoms with van der Waals surface area (Å²) in [5, 5.41) is -0.0337. The SMILES string of the molecule is CCCOC(=O)c1c(N)cc(F)cc1Cl. The molecular formula is C10H11ClFNO2. The summed E-state index contributed by atoms with van der Waals surface area (Å²) in [7, 11) is 0. The standard InChI is InChI=1S/C10H11ClFNO2/c1-2-3-15-10(14)9-7(11)4-6(12)5-8(9)13/h4-5H,2-3,13H2,1H3. The van der Waals surface area contributed by atoms with E-state index in [4.69, 9.17) is 22.1 Å². The fraction of sp³-hybridized carbons (Fsp3) is 0.300. The average molecular weight is 232 g/mol. The molecule has 1 rings (SSSR count). The third-order valence-electron chi connectivity index (χ3n) is 1.73. The van der Waals surface area contributed by atoms with Gasteiger partial charge in [0.2, 0.25) is 0 Å². The number of rotatable bonds is 3. The lowest BCUT2D eigenvalue weighted by molar-refractivity contribution is 0.0506. The summed E-state index contributed by atoms with van der Waals surface area (Å²) in [6.07, 6.45) is 0.699. The summed E-state index contributed by atoms with van der Waals surface area (Å²) in [6.45, 7) is 2.15. The van der Waals surface area contributed by atoms with Crippen molar-refractivity contribution in [1.29, 1.82) is 0 Å². The molecule has 0 heterocycles. The van der Waals surface area contributed by atoms with E-state index < -0.39 is 11.8 Å². The topological polar surface area (TPSA) is 52.3 Å². The highest BCUT2D eigenvalue weighted by Gasteiger charge is 2.16. The fourth-order valence-electron chi connectivity index (χ4n) is 1.08. The van der Waals surface area contributed by atoms with Crippen molar-refractivity contribution in [3.63, 3.8) is 0 Å². The van der Waals surface area contributed by atoms with Gasteiger partial charge in [0.25, 0.3) is 0 Å². The lowest BCUT2D eigenvalue weighted by Gasteiger charge is -2.07. The van der Waals surface area contributed by atoms with Gasteiger partial charge in [-0.25, -0.2) is 9.18 Å². The summed E-state index contributed by atoms with van der Waals surface area (Å²) in [4.78, 5) is 11.4. The molecule has 82 valence electrons. The van der Waals surface area contributed by atoms with Crippen molar-refractivity contribution in [2.45, 2.75) is 13.3 Å². The smallest absolute Gasteiger partial charge is 0.341 e. The molecule has 0 aliphatic rings. The van der Waals surface area contributed by atoms with E-state index in [1.54, 1.807) is 0 Å². The Morgan fingerprint density at radius 1 is 1.60 bits per heavy atom. The van der Waals surface area contributed by atoms with Crippen LogP contribution in [0.2, 0.25) is 5.02 Å². The fourth-order valence-corrected chi connectivity index (χ4v) is 1.37. The van der Waals surface area contributed by atoms with Gasteiger partial charge in [0.05, 0.1) is 17.3 Å². The Bertz CT molecular complexity index is 359. The van der Waals surface area contributed by atoms with Crippen molar-refractivity contribution >= 4 is 23.3 Å². The molecule has 5 heteroatoms. The number of hydrogen-bond donors (Lipinski definition) is 1. The molecule has 0 amide bonds. The van der Waals surface area contributed by atoms with E-state index in [1.807, 2.05) is 6.92 Å². The van der Waals surface area contributed by atoms with Crippen LogP contribution in [0.15, 0.2) is 12.1 Å². The first-order valence-electron chi connectivity index (χ1n) is 4.48. The molecule has 0 aromatic heterocycles. The van der Waals surface area contributed by atoms with Crippen LogP contribution in [0.5, 0.6) is 0 Å². The van der Waals surface area contributed by atoms with Crippen LogP contribution < -0.4 is 5.73 Å². The molecule has 3 nitrogen and oxygen atoms in total. The van der Waals surface area contributed by atoms with E-state index in [1.165, 1.54) is 0 Å². The Morgan fingerprint density at radius 2 is 2.27 bits per heavy atom. The van der Waals surface area contributed by atoms with Crippen LogP contribution in [0.1, 0.15) is 23.7 Å². The molecule has 0 bridgehead atoms. The van der Waals surface area contributed by atoms with Gasteiger partial charge in [-0.15, -0.1) is 0 Å². The van der Waals surface area contributed by atoms with Gasteiger partial charge in [-0.05, 0) is 18.6 Å². The minimum absolute atomic E-state index is 0.0129. The monoisotopic (exact) mass is 231 g/mol. The van der Waals surface area contributed by atoms with Gasteiger partial charge < -0.3 is 10.5 Å². The summed E-state index contributed by atoms with van der Waals surface area (Å²) in [5.74, 6) is -1.20. The lowest BCUT2D eigenvalue weighted by Crippen LogP contribution is -2.10. The predicted octanol–water partition coefficient (Wildman–Crippen LogP) is 2.63. The maximum Gasteiger partial charge on any atom is 0.341 e. The Labute approximate surface area is 92.0 Å². The summed E-state index contributed by atoms with van der Waals surface area (Å²) < 4.78 is 17.7. The molecule has 1 aromatic rings. The normalized spacial score (nSPS) is 10.1. The first-order valence-corrected chi connectivity index (χ1v) is 4.85. The summed E-state index contributed by atoms with van der Waals surface area (Å²) in [6, 6.07) is 2.06. The third-order valence-corrected chi connectivity index (χ3v) is 2.03. The molecular weight excluding hydrogens is 221 g/mol. The van der Waals surface area contributed by atoms with E-state index in [9.17, 15) is 9.18 Å². The molecule has 0 aliphatic carbocycles. The van der Waals surface area contributed by atoms with Gasteiger partial charge >= 0.3 is 5.97 Å². The highest BCUT2D eigenvalue weighted by Crippen LogP contribution is 2.24. The lowest BCUT2D eigenvalue weighted by atomic mass is 10.2. The second-order valence-electron chi connectivity index (χ2n) is 2.99. The molecule has 0 saturated carbocycles. The first-order chi connectivity index (χ1) is 7.06. The van der Waals surface area contributed by atoms with Crippen molar-refractivity contribution in [2.24, 2.45) is 0 Å². The number of carbonyl (C=O) groups is 1. The zero-order valence-corrected chi connectivity index (χ0v) is 8.97. The number of carbonyl (C=O) groups excluding carboxylic acids is 1. The molecule has 0 spiro atoms. The van der Waals surface area contributed by atoms with E-state index in [0.717, 1.165) is 12.1 Å². The van der Waals surface area contributed by atoms with Crippen LogP contribution in [0.25, 0.3) is 0 Å². The van der Waals surface area contributed by atoms with E-state index in [2.05, 4.69) is 0 Å². The van der Waals surface area contributed by atoms with Gasteiger partial charge in [-0.2, -0.15) is 0 Å². The number of nitrogen functional groups attached to an aromatic ring is 1. The Hall–Kier alpha value is -1.29. The van der Waals surface area contributed by atoms with Gasteiger partial charge in [-0.3, -0.25) is 0 Å². The van der Waals surface area contributed by atoms with Crippen molar-refractivity contribution in [1.82, 2.24) is 0 Å². The van der Waals surface area contributed by atoms with Gasteiger partial charge in [0.15, 0.2) is 0 Å².